The number of piperidine rings is 1. The van der Waals surface area contributed by atoms with E-state index in [4.69, 9.17) is 0 Å². The zero-order chi connectivity index (χ0) is 13.5. The maximum Gasteiger partial charge on any atom is 0.224 e. The number of rotatable bonds is 5. The molecule has 2 aliphatic heterocycles. The molecule has 1 atom stereocenters. The largest absolute Gasteiger partial charge is 0.356 e. The highest BCUT2D eigenvalue weighted by Gasteiger charge is 2.17. The van der Waals surface area contributed by atoms with Gasteiger partial charge in [-0.25, -0.2) is 0 Å². The molecule has 0 bridgehead atoms. The molecule has 4 nitrogen and oxygen atoms in total. The first kappa shape index (κ1) is 14.5. The Morgan fingerprint density at radius 2 is 2.47 bits per heavy atom. The smallest absolute Gasteiger partial charge is 0.224 e. The first-order valence-electron chi connectivity index (χ1n) is 7.58. The number of hydrogen-bond acceptors (Lipinski definition) is 3. The van der Waals surface area contributed by atoms with E-state index < -0.39 is 0 Å². The Balaban J connectivity index is 1.59. The fourth-order valence-corrected chi connectivity index (χ4v) is 3.02. The Hall–Kier alpha value is -0.870. The lowest BCUT2D eigenvalue weighted by atomic mass is 9.95. The van der Waals surface area contributed by atoms with Gasteiger partial charge in [0.2, 0.25) is 5.91 Å². The molecule has 4 heteroatoms. The van der Waals surface area contributed by atoms with Crippen molar-refractivity contribution in [1.82, 2.24) is 15.5 Å². The van der Waals surface area contributed by atoms with Crippen LogP contribution in [0.5, 0.6) is 0 Å². The number of carbonyl (C=O) groups is 1. The number of amides is 1. The third-order valence-electron chi connectivity index (χ3n) is 4.14. The van der Waals surface area contributed by atoms with Crippen molar-refractivity contribution < 1.29 is 4.79 Å². The van der Waals surface area contributed by atoms with Crippen molar-refractivity contribution in [3.63, 3.8) is 0 Å². The summed E-state index contributed by atoms with van der Waals surface area (Å²) in [5, 5.41) is 6.34. The van der Waals surface area contributed by atoms with Crippen LogP contribution < -0.4 is 10.6 Å². The van der Waals surface area contributed by atoms with Crippen molar-refractivity contribution in [2.75, 3.05) is 39.8 Å². The number of hydrogen-bond donors (Lipinski definition) is 2. The lowest BCUT2D eigenvalue weighted by Crippen LogP contribution is -2.34. The molecular weight excluding hydrogens is 238 g/mol. The summed E-state index contributed by atoms with van der Waals surface area (Å²) < 4.78 is 0. The first-order valence-corrected chi connectivity index (χ1v) is 7.58. The van der Waals surface area contributed by atoms with Crippen LogP contribution in [0.15, 0.2) is 11.6 Å². The molecule has 0 aromatic rings. The van der Waals surface area contributed by atoms with E-state index in [0.717, 1.165) is 38.4 Å². The Morgan fingerprint density at radius 1 is 1.58 bits per heavy atom. The van der Waals surface area contributed by atoms with Crippen molar-refractivity contribution in [2.24, 2.45) is 5.92 Å². The topological polar surface area (TPSA) is 44.4 Å². The maximum absolute atomic E-state index is 11.8. The van der Waals surface area contributed by atoms with Gasteiger partial charge in [-0.05, 0) is 51.7 Å². The van der Waals surface area contributed by atoms with Crippen molar-refractivity contribution in [3.05, 3.63) is 11.6 Å². The molecule has 0 saturated carbocycles. The summed E-state index contributed by atoms with van der Waals surface area (Å²) in [4.78, 5) is 14.2. The minimum absolute atomic E-state index is 0.192. The highest BCUT2D eigenvalue weighted by Crippen LogP contribution is 2.17. The van der Waals surface area contributed by atoms with Gasteiger partial charge in [0.25, 0.3) is 0 Å². The van der Waals surface area contributed by atoms with Gasteiger partial charge < -0.3 is 15.5 Å². The van der Waals surface area contributed by atoms with Crippen molar-refractivity contribution >= 4 is 5.91 Å². The van der Waals surface area contributed by atoms with E-state index in [1.165, 1.54) is 31.5 Å². The second-order valence-corrected chi connectivity index (χ2v) is 5.90. The minimum atomic E-state index is 0.192. The van der Waals surface area contributed by atoms with Crippen LogP contribution in [0.2, 0.25) is 0 Å². The predicted molar refractivity (Wildman–Crippen MR) is 78.0 cm³/mol. The zero-order valence-corrected chi connectivity index (χ0v) is 12.1. The zero-order valence-electron chi connectivity index (χ0n) is 12.1. The normalized spacial score (nSPS) is 24.9. The SMILES string of the molecule is CN1CCCC(CCNC(=O)CC2=CCNCC2)C1. The van der Waals surface area contributed by atoms with E-state index in [9.17, 15) is 4.79 Å². The quantitative estimate of drug-likeness (QED) is 0.733. The summed E-state index contributed by atoms with van der Waals surface area (Å²) in [6.45, 7) is 5.17. The van der Waals surface area contributed by atoms with Gasteiger partial charge >= 0.3 is 0 Å². The molecule has 0 aromatic carbocycles. The van der Waals surface area contributed by atoms with Crippen LogP contribution in [0.3, 0.4) is 0 Å². The predicted octanol–water partition coefficient (Wildman–Crippen LogP) is 1.14. The van der Waals surface area contributed by atoms with E-state index in [1.807, 2.05) is 0 Å². The molecule has 19 heavy (non-hydrogen) atoms. The van der Waals surface area contributed by atoms with Crippen molar-refractivity contribution in [1.29, 1.82) is 0 Å². The average Bonchev–Trinajstić information content (AvgIpc) is 2.40. The van der Waals surface area contributed by atoms with Gasteiger partial charge in [0, 0.05) is 26.1 Å². The standard InChI is InChI=1S/C15H27N3O/c1-18-10-2-3-14(12-18)6-9-17-15(19)11-13-4-7-16-8-5-13/h4,14,16H,2-3,5-12H2,1H3,(H,17,19). The average molecular weight is 265 g/mol. The molecule has 1 amide bonds. The molecule has 1 fully saturated rings. The van der Waals surface area contributed by atoms with Gasteiger partial charge in [0.1, 0.15) is 0 Å². The van der Waals surface area contributed by atoms with Crippen LogP contribution in [0, 0.1) is 5.92 Å². The van der Waals surface area contributed by atoms with E-state index in [2.05, 4.69) is 28.7 Å². The van der Waals surface area contributed by atoms with E-state index in [0.29, 0.717) is 6.42 Å². The number of likely N-dealkylation sites (tertiary alicyclic amines) is 1. The van der Waals surface area contributed by atoms with Gasteiger partial charge in [-0.3, -0.25) is 4.79 Å². The first-order chi connectivity index (χ1) is 9.24. The number of nitrogens with one attached hydrogen (secondary N) is 2. The Bertz CT molecular complexity index is 327. The highest BCUT2D eigenvalue weighted by molar-refractivity contribution is 5.78. The summed E-state index contributed by atoms with van der Waals surface area (Å²) in [6.07, 6.45) is 7.50. The van der Waals surface area contributed by atoms with E-state index in [-0.39, 0.29) is 5.91 Å². The summed E-state index contributed by atoms with van der Waals surface area (Å²) in [7, 11) is 2.19. The van der Waals surface area contributed by atoms with Gasteiger partial charge in [-0.2, -0.15) is 0 Å². The fourth-order valence-electron chi connectivity index (χ4n) is 3.02. The Kier molecular flexibility index (Phi) is 5.86. The Morgan fingerprint density at radius 3 is 3.21 bits per heavy atom. The fraction of sp³-hybridized carbons (Fsp3) is 0.800. The second-order valence-electron chi connectivity index (χ2n) is 5.90. The molecule has 108 valence electrons. The minimum Gasteiger partial charge on any atom is -0.356 e. The van der Waals surface area contributed by atoms with Crippen LogP contribution in [0.25, 0.3) is 0 Å². The molecule has 1 unspecified atom stereocenters. The summed E-state index contributed by atoms with van der Waals surface area (Å²) in [5.41, 5.74) is 1.29. The molecule has 2 heterocycles. The second kappa shape index (κ2) is 7.65. The lowest BCUT2D eigenvalue weighted by Gasteiger charge is -2.29. The molecule has 2 N–H and O–H groups in total. The third kappa shape index (κ3) is 5.33. The summed E-state index contributed by atoms with van der Waals surface area (Å²) >= 11 is 0. The van der Waals surface area contributed by atoms with Crippen molar-refractivity contribution in [3.8, 4) is 0 Å². The van der Waals surface area contributed by atoms with Gasteiger partial charge in [0.05, 0.1) is 0 Å². The van der Waals surface area contributed by atoms with Crippen LogP contribution in [0.1, 0.15) is 32.1 Å². The third-order valence-corrected chi connectivity index (χ3v) is 4.14. The van der Waals surface area contributed by atoms with Crippen molar-refractivity contribution in [2.45, 2.75) is 32.1 Å². The van der Waals surface area contributed by atoms with E-state index >= 15 is 0 Å². The molecular formula is C15H27N3O. The number of carbonyl (C=O) groups excluding carboxylic acids is 1. The van der Waals surface area contributed by atoms with Gasteiger partial charge in [-0.1, -0.05) is 11.6 Å². The number of nitrogens with zero attached hydrogens (tertiary/aromatic N) is 1. The molecule has 2 rings (SSSR count). The summed E-state index contributed by atoms with van der Waals surface area (Å²) in [5.74, 6) is 0.953. The highest BCUT2D eigenvalue weighted by atomic mass is 16.1. The molecule has 0 radical (unpaired) electrons. The lowest BCUT2D eigenvalue weighted by molar-refractivity contribution is -0.120. The molecule has 1 saturated heterocycles. The van der Waals surface area contributed by atoms with Crippen LogP contribution in [0.4, 0.5) is 0 Å². The van der Waals surface area contributed by atoms with Crippen LogP contribution in [-0.2, 0) is 4.79 Å². The molecule has 2 aliphatic rings. The molecule has 0 spiro atoms. The van der Waals surface area contributed by atoms with Crippen LogP contribution in [-0.4, -0.2) is 50.6 Å². The summed E-state index contributed by atoms with van der Waals surface area (Å²) in [6, 6.07) is 0. The van der Waals surface area contributed by atoms with E-state index in [1.54, 1.807) is 0 Å². The van der Waals surface area contributed by atoms with Crippen LogP contribution >= 0.6 is 0 Å². The Labute approximate surface area is 116 Å². The molecule has 0 aliphatic carbocycles. The maximum atomic E-state index is 11.8. The van der Waals surface area contributed by atoms with Gasteiger partial charge in [-0.15, -0.1) is 0 Å². The van der Waals surface area contributed by atoms with Gasteiger partial charge in [0.15, 0.2) is 0 Å². The molecule has 0 aromatic heterocycles. The monoisotopic (exact) mass is 265 g/mol.